The molecule has 1 unspecified atom stereocenters. The third-order valence-corrected chi connectivity index (χ3v) is 12.3. The van der Waals surface area contributed by atoms with Gasteiger partial charge >= 0.3 is 0 Å². The zero-order chi connectivity index (χ0) is 34.8. The molecule has 0 saturated heterocycles. The minimum absolute atomic E-state index is 0.227. The van der Waals surface area contributed by atoms with Crippen LogP contribution in [-0.2, 0) is 5.41 Å². The van der Waals surface area contributed by atoms with Crippen molar-refractivity contribution < 1.29 is 4.42 Å². The minimum Gasteiger partial charge on any atom is -0.456 e. The number of hydrogen-bond acceptors (Lipinski definition) is 1. The third kappa shape index (κ3) is 3.86. The van der Waals surface area contributed by atoms with Gasteiger partial charge in [-0.25, -0.2) is 0 Å². The van der Waals surface area contributed by atoms with E-state index in [2.05, 4.69) is 177 Å². The van der Waals surface area contributed by atoms with Crippen molar-refractivity contribution in [2.45, 2.75) is 12.3 Å². The fourth-order valence-electron chi connectivity index (χ4n) is 9.77. The Kier molecular flexibility index (Phi) is 5.70. The summed E-state index contributed by atoms with van der Waals surface area (Å²) in [5, 5.41) is 12.6. The van der Waals surface area contributed by atoms with Crippen molar-refractivity contribution in [3.05, 3.63) is 193 Å². The number of furan rings is 1. The van der Waals surface area contributed by atoms with E-state index in [1.165, 1.54) is 98.5 Å². The topological polar surface area (TPSA) is 13.1 Å². The normalized spacial score (nSPS) is 15.3. The van der Waals surface area contributed by atoms with E-state index >= 15 is 0 Å². The molecular formula is C52H32O. The highest BCUT2D eigenvalue weighted by atomic mass is 16.3. The largest absolute Gasteiger partial charge is 0.456 e. The van der Waals surface area contributed by atoms with Crippen LogP contribution in [0.25, 0.3) is 98.4 Å². The molecule has 1 aliphatic rings. The zero-order valence-corrected chi connectivity index (χ0v) is 29.2. The highest BCUT2D eigenvalue weighted by Crippen LogP contribution is 2.53. The highest BCUT2D eigenvalue weighted by molar-refractivity contribution is 6.28. The standard InChI is InChI=1S/C52H32O/c1-52(36-10-3-2-4-11-36)45-15-7-5-12-39(45)44-29-33-18-19-34(28-35(33)30-46(44)52)37-24-20-31-23-27-42-38(25-21-32-22-26-41(37)49(31)50(32)42)40-14-9-17-48-51(40)43-13-6-8-16-47(43)53-48/h2-30H,1H3. The molecule has 1 heteroatoms. The average Bonchev–Trinajstić information content (AvgIpc) is 3.72. The Morgan fingerprint density at radius 2 is 1.02 bits per heavy atom. The van der Waals surface area contributed by atoms with Gasteiger partial charge < -0.3 is 4.42 Å². The first kappa shape index (κ1) is 28.9. The third-order valence-electron chi connectivity index (χ3n) is 12.3. The fourth-order valence-corrected chi connectivity index (χ4v) is 9.77. The van der Waals surface area contributed by atoms with E-state index in [0.717, 1.165) is 16.6 Å². The Morgan fingerprint density at radius 1 is 0.358 bits per heavy atom. The maximum Gasteiger partial charge on any atom is 0.136 e. The van der Waals surface area contributed by atoms with Crippen LogP contribution >= 0.6 is 0 Å². The number of benzene rings is 10. The Bertz CT molecular complexity index is 3290. The van der Waals surface area contributed by atoms with Gasteiger partial charge in [-0.05, 0) is 130 Å². The minimum atomic E-state index is -0.227. The molecule has 0 aliphatic heterocycles. The van der Waals surface area contributed by atoms with Gasteiger partial charge in [0, 0.05) is 16.2 Å². The maximum absolute atomic E-state index is 6.31. The van der Waals surface area contributed by atoms with Crippen LogP contribution in [0.5, 0.6) is 0 Å². The summed E-state index contributed by atoms with van der Waals surface area (Å²) in [6.07, 6.45) is 0. The molecule has 0 fully saturated rings. The molecule has 53 heavy (non-hydrogen) atoms. The van der Waals surface area contributed by atoms with Crippen molar-refractivity contribution >= 4 is 65.0 Å². The van der Waals surface area contributed by atoms with Gasteiger partial charge in [0.25, 0.3) is 0 Å². The summed E-state index contributed by atoms with van der Waals surface area (Å²) in [6, 6.07) is 65.2. The van der Waals surface area contributed by atoms with Crippen LogP contribution in [0, 0.1) is 0 Å². The summed E-state index contributed by atoms with van der Waals surface area (Å²) < 4.78 is 6.31. The van der Waals surface area contributed by atoms with Gasteiger partial charge in [0.1, 0.15) is 11.2 Å². The Balaban J connectivity index is 1.07. The molecule has 0 radical (unpaired) electrons. The Hall–Kier alpha value is -6.70. The molecule has 246 valence electrons. The Labute approximate surface area is 306 Å². The second kappa shape index (κ2) is 10.4. The first-order valence-corrected chi connectivity index (χ1v) is 18.5. The zero-order valence-electron chi connectivity index (χ0n) is 29.2. The quantitative estimate of drug-likeness (QED) is 0.170. The summed E-state index contributed by atoms with van der Waals surface area (Å²) in [7, 11) is 0. The lowest BCUT2D eigenvalue weighted by atomic mass is 9.74. The van der Waals surface area contributed by atoms with Crippen molar-refractivity contribution in [1.29, 1.82) is 0 Å². The molecule has 0 bridgehead atoms. The molecule has 1 heterocycles. The molecule has 12 rings (SSSR count). The molecule has 10 aromatic carbocycles. The molecular weight excluding hydrogens is 641 g/mol. The van der Waals surface area contributed by atoms with E-state index in [0.29, 0.717) is 0 Å². The first-order chi connectivity index (χ1) is 26.1. The van der Waals surface area contributed by atoms with E-state index in [1.807, 2.05) is 6.07 Å². The van der Waals surface area contributed by atoms with Gasteiger partial charge in [-0.15, -0.1) is 0 Å². The molecule has 1 aliphatic carbocycles. The van der Waals surface area contributed by atoms with Crippen molar-refractivity contribution in [1.82, 2.24) is 0 Å². The van der Waals surface area contributed by atoms with E-state index in [9.17, 15) is 0 Å². The molecule has 0 N–H and O–H groups in total. The van der Waals surface area contributed by atoms with Crippen LogP contribution in [0.15, 0.2) is 180 Å². The summed E-state index contributed by atoms with van der Waals surface area (Å²) in [6.45, 7) is 2.40. The molecule has 0 amide bonds. The Morgan fingerprint density at radius 3 is 1.87 bits per heavy atom. The van der Waals surface area contributed by atoms with Crippen LogP contribution in [0.3, 0.4) is 0 Å². The number of rotatable bonds is 3. The average molecular weight is 673 g/mol. The summed E-state index contributed by atoms with van der Waals surface area (Å²) in [4.78, 5) is 0. The van der Waals surface area contributed by atoms with E-state index in [-0.39, 0.29) is 5.41 Å². The molecule has 11 aromatic rings. The number of hydrogen-bond donors (Lipinski definition) is 0. The second-order valence-electron chi connectivity index (χ2n) is 14.9. The molecule has 0 spiro atoms. The monoisotopic (exact) mass is 672 g/mol. The van der Waals surface area contributed by atoms with Crippen molar-refractivity contribution in [2.75, 3.05) is 0 Å². The lowest BCUT2D eigenvalue weighted by Crippen LogP contribution is -2.22. The van der Waals surface area contributed by atoms with Gasteiger partial charge in [0.2, 0.25) is 0 Å². The van der Waals surface area contributed by atoms with Crippen LogP contribution in [0.1, 0.15) is 23.6 Å². The van der Waals surface area contributed by atoms with E-state index < -0.39 is 0 Å². The summed E-state index contributed by atoms with van der Waals surface area (Å²) in [5.41, 5.74) is 13.3. The van der Waals surface area contributed by atoms with Crippen LogP contribution < -0.4 is 0 Å². The summed E-state index contributed by atoms with van der Waals surface area (Å²) >= 11 is 0. The molecule has 0 saturated carbocycles. The fraction of sp³-hybridized carbons (Fsp3) is 0.0385. The molecule has 1 nitrogen and oxygen atoms in total. The van der Waals surface area contributed by atoms with Gasteiger partial charge in [-0.1, -0.05) is 146 Å². The van der Waals surface area contributed by atoms with Crippen molar-refractivity contribution in [2.24, 2.45) is 0 Å². The predicted molar refractivity (Wildman–Crippen MR) is 223 cm³/mol. The van der Waals surface area contributed by atoms with Crippen molar-refractivity contribution in [3.8, 4) is 33.4 Å². The molecule has 1 atom stereocenters. The summed E-state index contributed by atoms with van der Waals surface area (Å²) in [5.74, 6) is 0. The smallest absolute Gasteiger partial charge is 0.136 e. The SMILES string of the molecule is CC1(c2ccccc2)c2ccccc2-c2cc3ccc(-c4ccc5ccc6c(-c7cccc8oc9ccccc9c78)ccc7ccc4c5c76)cc3cc21. The first-order valence-electron chi connectivity index (χ1n) is 18.5. The van der Waals surface area contributed by atoms with Gasteiger partial charge in [0.05, 0.1) is 0 Å². The van der Waals surface area contributed by atoms with Crippen LogP contribution in [0.2, 0.25) is 0 Å². The maximum atomic E-state index is 6.31. The number of fused-ring (bicyclic) bond motifs is 7. The lowest BCUT2D eigenvalue weighted by molar-refractivity contribution is 0.669. The lowest BCUT2D eigenvalue weighted by Gasteiger charge is -2.28. The number of para-hydroxylation sites is 1. The van der Waals surface area contributed by atoms with Crippen LogP contribution in [-0.4, -0.2) is 0 Å². The van der Waals surface area contributed by atoms with Gasteiger partial charge in [0.15, 0.2) is 0 Å². The van der Waals surface area contributed by atoms with E-state index in [1.54, 1.807) is 0 Å². The predicted octanol–water partition coefficient (Wildman–Crippen LogP) is 14.3. The second-order valence-corrected chi connectivity index (χ2v) is 14.9. The van der Waals surface area contributed by atoms with E-state index in [4.69, 9.17) is 4.42 Å². The van der Waals surface area contributed by atoms with Crippen molar-refractivity contribution in [3.63, 3.8) is 0 Å². The van der Waals surface area contributed by atoms with Gasteiger partial charge in [-0.3, -0.25) is 0 Å². The van der Waals surface area contributed by atoms with Crippen LogP contribution in [0.4, 0.5) is 0 Å². The van der Waals surface area contributed by atoms with Gasteiger partial charge in [-0.2, -0.15) is 0 Å². The molecule has 1 aromatic heterocycles. The highest BCUT2D eigenvalue weighted by Gasteiger charge is 2.40.